The first kappa shape index (κ1) is 33.7. The molecule has 1 saturated carbocycles. The lowest BCUT2D eigenvalue weighted by Crippen LogP contribution is -2.56. The van der Waals surface area contributed by atoms with Crippen LogP contribution in [0, 0.1) is 5.92 Å². The zero-order valence-electron chi connectivity index (χ0n) is 25.3. The van der Waals surface area contributed by atoms with E-state index in [4.69, 9.17) is 10.5 Å². The van der Waals surface area contributed by atoms with Crippen LogP contribution >= 0.6 is 0 Å². The van der Waals surface area contributed by atoms with E-state index in [-0.39, 0.29) is 19.3 Å². The van der Waals surface area contributed by atoms with Crippen molar-refractivity contribution in [1.29, 1.82) is 0 Å². The number of aliphatic hydroxyl groups excluding tert-OH is 1. The monoisotopic (exact) mass is 598 g/mol. The number of rotatable bonds is 13. The Morgan fingerprint density at radius 1 is 1.02 bits per heavy atom. The summed E-state index contributed by atoms with van der Waals surface area (Å²) >= 11 is 0. The number of hydrogen-bond donors (Lipinski definition) is 6. The summed E-state index contributed by atoms with van der Waals surface area (Å²) in [5.74, 6) is -1.70. The molecular weight excluding hydrogens is 552 g/mol. The number of aliphatic hydroxyl groups is 1. The number of hydrogen-bond acceptors (Lipinski definition) is 8. The van der Waals surface area contributed by atoms with Crippen LogP contribution in [-0.2, 0) is 32.0 Å². The molecule has 1 heterocycles. The summed E-state index contributed by atoms with van der Waals surface area (Å²) in [7, 11) is 0. The number of nitrogens with zero attached hydrogens (tertiary/aromatic N) is 1. The molecule has 1 aliphatic carbocycles. The third-order valence-electron chi connectivity index (χ3n) is 7.37. The highest BCUT2D eigenvalue weighted by molar-refractivity contribution is 6.00. The number of imide groups is 1. The second-order valence-electron chi connectivity index (χ2n) is 12.3. The van der Waals surface area contributed by atoms with Crippen LogP contribution in [0.1, 0.15) is 77.0 Å². The van der Waals surface area contributed by atoms with Gasteiger partial charge in [-0.3, -0.25) is 19.7 Å². The van der Waals surface area contributed by atoms with E-state index in [0.717, 1.165) is 31.2 Å². The van der Waals surface area contributed by atoms with Crippen LogP contribution in [0.5, 0.6) is 0 Å². The van der Waals surface area contributed by atoms with Crippen molar-refractivity contribution in [2.45, 2.75) is 108 Å². The van der Waals surface area contributed by atoms with Crippen LogP contribution in [0.4, 0.5) is 4.79 Å². The van der Waals surface area contributed by atoms with Crippen molar-refractivity contribution in [3.63, 3.8) is 0 Å². The Kier molecular flexibility index (Phi) is 12.7. The number of nitrogens with two attached hydrogens (primary N) is 1. The zero-order valence-corrected chi connectivity index (χ0v) is 25.3. The van der Waals surface area contributed by atoms with Gasteiger partial charge in [-0.05, 0) is 38.7 Å². The minimum atomic E-state index is -1.20. The number of alkyl carbamates (subject to hydrolysis) is 1. The fraction of sp³-hybridized carbons (Fsp3) is 0.581. The molecule has 1 aromatic carbocycles. The van der Waals surface area contributed by atoms with Crippen molar-refractivity contribution >= 4 is 23.8 Å². The van der Waals surface area contributed by atoms with Crippen molar-refractivity contribution in [3.8, 4) is 0 Å². The standard InChI is InChI=1S/C31H46N6O6/c1-31(2,3)43-30(42)36-24(15-21-12-8-5-9-13-21)28(40)35-25(16-22-18-33-19-34-22)29(41)37-27(39)17-26(38)23(32)14-20-10-6-4-7-11-20/h5,8-9,12-13,18-20,23-26,38H,4,6-7,10-11,14-17,32H2,1-3H3,(H,33,34)(H,35,40)(H,36,42)(H,37,39,41)/t23?,24-,25-,26?/m0/s1. The third-order valence-corrected chi connectivity index (χ3v) is 7.37. The van der Waals surface area contributed by atoms with Gasteiger partial charge in [0.1, 0.15) is 17.7 Å². The molecule has 0 spiro atoms. The molecule has 1 aliphatic rings. The summed E-state index contributed by atoms with van der Waals surface area (Å²) in [5.41, 5.74) is 6.65. The van der Waals surface area contributed by atoms with Crippen molar-refractivity contribution in [2.24, 2.45) is 11.7 Å². The predicted octanol–water partition coefficient (Wildman–Crippen LogP) is 2.26. The van der Waals surface area contributed by atoms with Gasteiger partial charge >= 0.3 is 6.09 Å². The van der Waals surface area contributed by atoms with Gasteiger partial charge in [-0.15, -0.1) is 0 Å². The third kappa shape index (κ3) is 12.2. The van der Waals surface area contributed by atoms with E-state index in [1.165, 1.54) is 12.7 Å². The number of ether oxygens (including phenoxy) is 1. The number of benzene rings is 1. The molecule has 12 nitrogen and oxygen atoms in total. The molecule has 0 radical (unpaired) electrons. The molecule has 7 N–H and O–H groups in total. The van der Waals surface area contributed by atoms with Crippen molar-refractivity contribution in [1.82, 2.24) is 25.9 Å². The van der Waals surface area contributed by atoms with Crippen molar-refractivity contribution in [3.05, 3.63) is 54.1 Å². The molecule has 2 unspecified atom stereocenters. The highest BCUT2D eigenvalue weighted by Gasteiger charge is 2.31. The molecule has 1 aromatic heterocycles. The first-order valence-electron chi connectivity index (χ1n) is 15.0. The van der Waals surface area contributed by atoms with Gasteiger partial charge in [-0.25, -0.2) is 9.78 Å². The average molecular weight is 599 g/mol. The molecule has 0 saturated heterocycles. The van der Waals surface area contributed by atoms with Crippen molar-refractivity contribution in [2.75, 3.05) is 0 Å². The molecule has 0 aliphatic heterocycles. The Hall–Kier alpha value is -3.77. The zero-order chi connectivity index (χ0) is 31.4. The van der Waals surface area contributed by atoms with Gasteiger partial charge in [0.25, 0.3) is 0 Å². The number of nitrogens with one attached hydrogen (secondary N) is 4. The summed E-state index contributed by atoms with van der Waals surface area (Å²) in [6.45, 7) is 5.12. The van der Waals surface area contributed by atoms with E-state index in [1.807, 2.05) is 30.3 Å². The van der Waals surface area contributed by atoms with Crippen LogP contribution in [0.15, 0.2) is 42.9 Å². The number of amides is 4. The van der Waals surface area contributed by atoms with E-state index < -0.39 is 53.6 Å². The maximum atomic E-state index is 13.5. The Morgan fingerprint density at radius 3 is 2.33 bits per heavy atom. The highest BCUT2D eigenvalue weighted by atomic mass is 16.6. The molecule has 4 atom stereocenters. The van der Waals surface area contributed by atoms with Crippen LogP contribution in [0.3, 0.4) is 0 Å². The summed E-state index contributed by atoms with van der Waals surface area (Å²) < 4.78 is 5.35. The van der Waals surface area contributed by atoms with Gasteiger partial charge in [0, 0.05) is 25.1 Å². The Balaban J connectivity index is 1.67. The summed E-state index contributed by atoms with van der Waals surface area (Å²) in [6.07, 6.45) is 7.11. The lowest BCUT2D eigenvalue weighted by atomic mass is 9.83. The summed E-state index contributed by atoms with van der Waals surface area (Å²) in [5, 5.41) is 18.1. The molecule has 3 rings (SSSR count). The molecule has 43 heavy (non-hydrogen) atoms. The maximum absolute atomic E-state index is 13.5. The minimum absolute atomic E-state index is 0.0252. The second-order valence-corrected chi connectivity index (χ2v) is 12.3. The van der Waals surface area contributed by atoms with Crippen molar-refractivity contribution < 1.29 is 29.0 Å². The number of aromatic nitrogens is 2. The normalized spacial score (nSPS) is 16.8. The van der Waals surface area contributed by atoms with Crippen LogP contribution in [0.2, 0.25) is 0 Å². The van der Waals surface area contributed by atoms with E-state index in [9.17, 15) is 24.3 Å². The fourth-order valence-electron chi connectivity index (χ4n) is 5.18. The first-order chi connectivity index (χ1) is 20.4. The second kappa shape index (κ2) is 16.2. The molecule has 0 bridgehead atoms. The SMILES string of the molecule is CC(C)(C)OC(=O)N[C@@H](Cc1ccccc1)C(=O)N[C@@H](Cc1c[nH]cn1)C(=O)NC(=O)CC(O)C(N)CC1CCCCC1. The number of carbonyl (C=O) groups excluding carboxylic acids is 4. The topological polar surface area (TPSA) is 189 Å². The summed E-state index contributed by atoms with van der Waals surface area (Å²) in [4.78, 5) is 59.0. The fourth-order valence-corrected chi connectivity index (χ4v) is 5.18. The quantitative estimate of drug-likeness (QED) is 0.202. The first-order valence-corrected chi connectivity index (χ1v) is 15.0. The number of H-pyrrole nitrogens is 1. The van der Waals surface area contributed by atoms with Gasteiger partial charge in [-0.2, -0.15) is 0 Å². The number of imidazole rings is 1. The van der Waals surface area contributed by atoms with Gasteiger partial charge in [0.05, 0.1) is 24.5 Å². The number of carbonyl (C=O) groups is 4. The summed E-state index contributed by atoms with van der Waals surface area (Å²) in [6, 6.07) is 6.22. The average Bonchev–Trinajstić information content (AvgIpc) is 3.45. The molecule has 236 valence electrons. The molecule has 2 aromatic rings. The lowest BCUT2D eigenvalue weighted by molar-refractivity contribution is -0.135. The smallest absolute Gasteiger partial charge is 0.408 e. The van der Waals surface area contributed by atoms with E-state index >= 15 is 0 Å². The van der Waals surface area contributed by atoms with E-state index in [1.54, 1.807) is 27.0 Å². The lowest BCUT2D eigenvalue weighted by Gasteiger charge is -2.27. The Morgan fingerprint density at radius 2 is 1.70 bits per heavy atom. The molecule has 12 heteroatoms. The van der Waals surface area contributed by atoms with Gasteiger partial charge in [0.2, 0.25) is 17.7 Å². The maximum Gasteiger partial charge on any atom is 0.408 e. The van der Waals surface area contributed by atoms with Gasteiger partial charge in [-0.1, -0.05) is 62.4 Å². The predicted molar refractivity (Wildman–Crippen MR) is 160 cm³/mol. The minimum Gasteiger partial charge on any atom is -0.444 e. The highest BCUT2D eigenvalue weighted by Crippen LogP contribution is 2.27. The van der Waals surface area contributed by atoms with Gasteiger partial charge < -0.3 is 31.2 Å². The molecule has 1 fully saturated rings. The van der Waals surface area contributed by atoms with E-state index in [2.05, 4.69) is 25.9 Å². The van der Waals surface area contributed by atoms with Crippen LogP contribution in [-0.4, -0.2) is 68.7 Å². The molecular formula is C31H46N6O6. The largest absolute Gasteiger partial charge is 0.444 e. The van der Waals surface area contributed by atoms with Crippen LogP contribution < -0.4 is 21.7 Å². The van der Waals surface area contributed by atoms with Crippen LogP contribution in [0.25, 0.3) is 0 Å². The van der Waals surface area contributed by atoms with E-state index in [0.29, 0.717) is 18.0 Å². The Labute approximate surface area is 252 Å². The Bertz CT molecular complexity index is 1180. The van der Waals surface area contributed by atoms with Gasteiger partial charge in [0.15, 0.2) is 0 Å². The number of aromatic amines is 1. The molecule has 4 amide bonds.